The molecule has 0 aromatic heterocycles. The number of carbonyl (C=O) groups excluding carboxylic acids is 1. The lowest BCUT2D eigenvalue weighted by molar-refractivity contribution is -0.121. The summed E-state index contributed by atoms with van der Waals surface area (Å²) in [6.45, 7) is 3.00. The second-order valence-corrected chi connectivity index (χ2v) is 5.21. The zero-order chi connectivity index (χ0) is 11.2. The number of rotatable bonds is 4. The average Bonchev–Trinajstić information content (AvgIpc) is 2.33. The summed E-state index contributed by atoms with van der Waals surface area (Å²) in [4.78, 5) is 14.8. The van der Waals surface area contributed by atoms with Gasteiger partial charge >= 0.3 is 0 Å². The van der Waals surface area contributed by atoms with Crippen LogP contribution in [0.5, 0.6) is 0 Å². The zero-order valence-corrected chi connectivity index (χ0v) is 10.2. The van der Waals surface area contributed by atoms with Crippen LogP contribution < -0.4 is 0 Å². The monoisotopic (exact) mass is 235 g/mol. The van der Waals surface area contributed by atoms with Crippen LogP contribution >= 0.6 is 11.8 Å². The van der Waals surface area contributed by atoms with E-state index in [-0.39, 0.29) is 0 Å². The number of nitrogens with zero attached hydrogens (tertiary/aromatic N) is 1. The van der Waals surface area contributed by atoms with Crippen molar-refractivity contribution in [1.82, 2.24) is 4.90 Å². The number of ketones is 1. The Morgan fingerprint density at radius 3 is 2.50 bits per heavy atom. The SMILES string of the molecule is O=C1CCN(CCSc2ccccc2)CC1. The van der Waals surface area contributed by atoms with E-state index in [2.05, 4.69) is 29.2 Å². The summed E-state index contributed by atoms with van der Waals surface area (Å²) in [6, 6.07) is 10.5. The third-order valence-electron chi connectivity index (χ3n) is 2.83. The largest absolute Gasteiger partial charge is 0.302 e. The van der Waals surface area contributed by atoms with Crippen molar-refractivity contribution in [3.8, 4) is 0 Å². The fourth-order valence-corrected chi connectivity index (χ4v) is 2.77. The van der Waals surface area contributed by atoms with E-state index in [1.165, 1.54) is 4.90 Å². The van der Waals surface area contributed by atoms with Crippen molar-refractivity contribution in [2.45, 2.75) is 17.7 Å². The van der Waals surface area contributed by atoms with Gasteiger partial charge in [-0.25, -0.2) is 0 Å². The number of carbonyl (C=O) groups is 1. The fraction of sp³-hybridized carbons (Fsp3) is 0.462. The summed E-state index contributed by atoms with van der Waals surface area (Å²) in [6.07, 6.45) is 1.49. The highest BCUT2D eigenvalue weighted by Crippen LogP contribution is 2.17. The Morgan fingerprint density at radius 2 is 1.81 bits per heavy atom. The van der Waals surface area contributed by atoms with Gasteiger partial charge in [0.15, 0.2) is 0 Å². The van der Waals surface area contributed by atoms with Gasteiger partial charge in [0.2, 0.25) is 0 Å². The topological polar surface area (TPSA) is 20.3 Å². The van der Waals surface area contributed by atoms with Crippen molar-refractivity contribution in [1.29, 1.82) is 0 Å². The first-order valence-corrected chi connectivity index (χ1v) is 6.75. The predicted octanol–water partition coefficient (Wildman–Crippen LogP) is 2.44. The molecular weight excluding hydrogens is 218 g/mol. The molecule has 3 heteroatoms. The molecule has 1 aromatic rings. The zero-order valence-electron chi connectivity index (χ0n) is 9.39. The van der Waals surface area contributed by atoms with Gasteiger partial charge in [0, 0.05) is 43.1 Å². The number of likely N-dealkylation sites (tertiary alicyclic amines) is 1. The number of piperidine rings is 1. The molecule has 0 radical (unpaired) electrons. The van der Waals surface area contributed by atoms with Crippen LogP contribution in [-0.2, 0) is 4.79 Å². The van der Waals surface area contributed by atoms with Gasteiger partial charge in [-0.2, -0.15) is 0 Å². The Kier molecular flexibility index (Phi) is 4.43. The molecular formula is C13H17NOS. The minimum absolute atomic E-state index is 0.423. The maximum absolute atomic E-state index is 11.1. The maximum Gasteiger partial charge on any atom is 0.135 e. The van der Waals surface area contributed by atoms with E-state index in [1.807, 2.05) is 17.8 Å². The van der Waals surface area contributed by atoms with Gasteiger partial charge in [-0.15, -0.1) is 11.8 Å². The van der Waals surface area contributed by atoms with Crippen LogP contribution in [0.2, 0.25) is 0 Å². The molecule has 86 valence electrons. The minimum Gasteiger partial charge on any atom is -0.302 e. The van der Waals surface area contributed by atoms with E-state index in [0.29, 0.717) is 5.78 Å². The summed E-state index contributed by atoms with van der Waals surface area (Å²) in [7, 11) is 0. The number of thioether (sulfide) groups is 1. The molecule has 0 atom stereocenters. The van der Waals surface area contributed by atoms with Crippen molar-refractivity contribution in [3.05, 3.63) is 30.3 Å². The lowest BCUT2D eigenvalue weighted by Gasteiger charge is -2.25. The molecule has 2 rings (SSSR count). The summed E-state index contributed by atoms with van der Waals surface area (Å²) in [5, 5.41) is 0. The first kappa shape index (κ1) is 11.7. The fourth-order valence-electron chi connectivity index (χ4n) is 1.84. The Morgan fingerprint density at radius 1 is 1.12 bits per heavy atom. The molecule has 1 heterocycles. The van der Waals surface area contributed by atoms with E-state index in [9.17, 15) is 4.79 Å². The molecule has 0 N–H and O–H groups in total. The van der Waals surface area contributed by atoms with E-state index in [4.69, 9.17) is 0 Å². The quantitative estimate of drug-likeness (QED) is 0.748. The summed E-state index contributed by atoms with van der Waals surface area (Å²) in [5.41, 5.74) is 0. The number of hydrogen-bond donors (Lipinski definition) is 0. The molecule has 0 unspecified atom stereocenters. The van der Waals surface area contributed by atoms with Gasteiger partial charge in [-0.3, -0.25) is 4.79 Å². The number of Topliss-reactive ketones (excluding diaryl/α,β-unsaturated/α-hetero) is 1. The van der Waals surface area contributed by atoms with Crippen LogP contribution in [-0.4, -0.2) is 36.1 Å². The second kappa shape index (κ2) is 6.06. The summed E-state index contributed by atoms with van der Waals surface area (Å²) in [5.74, 6) is 1.53. The van der Waals surface area contributed by atoms with Gasteiger partial charge in [-0.05, 0) is 12.1 Å². The van der Waals surface area contributed by atoms with Crippen LogP contribution in [0.1, 0.15) is 12.8 Å². The van der Waals surface area contributed by atoms with E-state index in [1.54, 1.807) is 0 Å². The van der Waals surface area contributed by atoms with Gasteiger partial charge in [0.25, 0.3) is 0 Å². The van der Waals surface area contributed by atoms with Crippen molar-refractivity contribution >= 4 is 17.5 Å². The average molecular weight is 235 g/mol. The summed E-state index contributed by atoms with van der Waals surface area (Å²) >= 11 is 1.89. The lowest BCUT2D eigenvalue weighted by Crippen LogP contribution is -2.35. The molecule has 0 saturated carbocycles. The minimum atomic E-state index is 0.423. The Balaban J connectivity index is 1.67. The van der Waals surface area contributed by atoms with E-state index >= 15 is 0 Å². The predicted molar refractivity (Wildman–Crippen MR) is 67.8 cm³/mol. The lowest BCUT2D eigenvalue weighted by atomic mass is 10.1. The van der Waals surface area contributed by atoms with Crippen molar-refractivity contribution in [3.63, 3.8) is 0 Å². The highest BCUT2D eigenvalue weighted by Gasteiger charge is 2.15. The Bertz CT molecular complexity index is 329. The van der Waals surface area contributed by atoms with Crippen LogP contribution in [0, 0.1) is 0 Å². The number of benzene rings is 1. The molecule has 1 aromatic carbocycles. The highest BCUT2D eigenvalue weighted by atomic mass is 32.2. The standard InChI is InChI=1S/C13H17NOS/c15-12-6-8-14(9-7-12)10-11-16-13-4-2-1-3-5-13/h1-5H,6-11H2. The maximum atomic E-state index is 11.1. The Labute approximate surface area is 101 Å². The van der Waals surface area contributed by atoms with E-state index in [0.717, 1.165) is 38.2 Å². The molecule has 2 nitrogen and oxygen atoms in total. The second-order valence-electron chi connectivity index (χ2n) is 4.04. The molecule has 0 spiro atoms. The molecule has 1 aliphatic heterocycles. The van der Waals surface area contributed by atoms with E-state index < -0.39 is 0 Å². The highest BCUT2D eigenvalue weighted by molar-refractivity contribution is 7.99. The molecule has 1 aliphatic rings. The molecule has 16 heavy (non-hydrogen) atoms. The molecule has 0 aliphatic carbocycles. The molecule has 0 bridgehead atoms. The third-order valence-corrected chi connectivity index (χ3v) is 3.83. The van der Waals surface area contributed by atoms with Crippen LogP contribution in [0.3, 0.4) is 0 Å². The first-order chi connectivity index (χ1) is 7.84. The van der Waals surface area contributed by atoms with Gasteiger partial charge in [0.1, 0.15) is 5.78 Å². The van der Waals surface area contributed by atoms with Gasteiger partial charge < -0.3 is 4.90 Å². The third kappa shape index (κ3) is 3.65. The molecule has 1 fully saturated rings. The number of hydrogen-bond acceptors (Lipinski definition) is 3. The normalized spacial score (nSPS) is 17.6. The van der Waals surface area contributed by atoms with Gasteiger partial charge in [-0.1, -0.05) is 18.2 Å². The van der Waals surface area contributed by atoms with Crippen LogP contribution in [0.25, 0.3) is 0 Å². The molecule has 0 amide bonds. The van der Waals surface area contributed by atoms with Crippen molar-refractivity contribution in [2.75, 3.05) is 25.4 Å². The Hall–Kier alpha value is -0.800. The van der Waals surface area contributed by atoms with Crippen molar-refractivity contribution in [2.24, 2.45) is 0 Å². The smallest absolute Gasteiger partial charge is 0.135 e. The van der Waals surface area contributed by atoms with Crippen LogP contribution in [0.4, 0.5) is 0 Å². The van der Waals surface area contributed by atoms with Crippen LogP contribution in [0.15, 0.2) is 35.2 Å². The van der Waals surface area contributed by atoms with Gasteiger partial charge in [0.05, 0.1) is 0 Å². The first-order valence-electron chi connectivity index (χ1n) is 5.76. The summed E-state index contributed by atoms with van der Waals surface area (Å²) < 4.78 is 0. The molecule has 1 saturated heterocycles. The van der Waals surface area contributed by atoms with Crippen molar-refractivity contribution < 1.29 is 4.79 Å².